The molecule has 1 heterocycles. The number of benzene rings is 2. The van der Waals surface area contributed by atoms with Gasteiger partial charge in [0.05, 0.1) is 5.69 Å². The highest BCUT2D eigenvalue weighted by Gasteiger charge is 2.44. The summed E-state index contributed by atoms with van der Waals surface area (Å²) in [5.41, 5.74) is 3.29. The lowest BCUT2D eigenvalue weighted by atomic mass is 10.0. The molecule has 1 N–H and O–H groups in total. The summed E-state index contributed by atoms with van der Waals surface area (Å²) in [5.74, 6) is -0.0364. The van der Waals surface area contributed by atoms with Gasteiger partial charge in [-0.25, -0.2) is 0 Å². The maximum absolute atomic E-state index is 13.1. The van der Waals surface area contributed by atoms with Gasteiger partial charge in [-0.15, -0.1) is 0 Å². The topological polar surface area (TPSA) is 58.6 Å². The molecular weight excluding hydrogens is 376 g/mol. The SMILES string of the molecule is Cc1cc(C)c(NC(=O)C(C)N2C(=O)C(C)(C)Oc3ccc(Cl)cc32)c(C)c1. The minimum atomic E-state index is -1.08. The molecule has 0 saturated heterocycles. The fraction of sp³-hybridized carbons (Fsp3) is 0.364. The summed E-state index contributed by atoms with van der Waals surface area (Å²) in [5, 5.41) is 3.46. The van der Waals surface area contributed by atoms with Crippen LogP contribution in [0.5, 0.6) is 5.75 Å². The molecule has 1 aliphatic rings. The zero-order chi connectivity index (χ0) is 20.8. The standard InChI is InChI=1S/C22H25ClN2O3/c1-12-9-13(2)19(14(3)10-12)24-20(26)15(4)25-17-11-16(23)7-8-18(17)28-22(5,6)21(25)27/h7-11,15H,1-6H3,(H,24,26). The van der Waals surface area contributed by atoms with Crippen LogP contribution in [0, 0.1) is 20.8 Å². The Bertz CT molecular complexity index is 945. The number of hydrogen-bond donors (Lipinski definition) is 1. The van der Waals surface area contributed by atoms with Crippen LogP contribution in [-0.4, -0.2) is 23.5 Å². The molecule has 28 heavy (non-hydrogen) atoms. The van der Waals surface area contributed by atoms with Crippen molar-refractivity contribution in [2.75, 3.05) is 10.2 Å². The number of carbonyl (C=O) groups excluding carboxylic acids is 2. The number of nitrogens with one attached hydrogen (secondary N) is 1. The van der Waals surface area contributed by atoms with Gasteiger partial charge in [-0.05, 0) is 70.9 Å². The summed E-state index contributed by atoms with van der Waals surface area (Å²) < 4.78 is 5.83. The second-order valence-electron chi connectivity index (χ2n) is 7.84. The normalized spacial score (nSPS) is 16.2. The maximum Gasteiger partial charge on any atom is 0.271 e. The molecule has 0 spiro atoms. The number of aryl methyl sites for hydroxylation is 3. The molecule has 0 saturated carbocycles. The molecule has 5 nitrogen and oxygen atoms in total. The Kier molecular flexibility index (Phi) is 5.15. The molecule has 2 aromatic rings. The molecule has 2 aromatic carbocycles. The number of amides is 2. The molecule has 0 fully saturated rings. The highest BCUT2D eigenvalue weighted by atomic mass is 35.5. The fourth-order valence-corrected chi connectivity index (χ4v) is 3.76. The van der Waals surface area contributed by atoms with Crippen LogP contribution in [-0.2, 0) is 9.59 Å². The molecule has 3 rings (SSSR count). The van der Waals surface area contributed by atoms with E-state index in [0.29, 0.717) is 16.5 Å². The van der Waals surface area contributed by atoms with Crippen molar-refractivity contribution < 1.29 is 14.3 Å². The van der Waals surface area contributed by atoms with Crippen molar-refractivity contribution in [2.45, 2.75) is 53.2 Å². The lowest BCUT2D eigenvalue weighted by Crippen LogP contribution is -2.57. The van der Waals surface area contributed by atoms with Gasteiger partial charge in [0.2, 0.25) is 5.91 Å². The molecule has 0 bridgehead atoms. The van der Waals surface area contributed by atoms with Gasteiger partial charge in [0, 0.05) is 10.7 Å². The van der Waals surface area contributed by atoms with Gasteiger partial charge in [0.25, 0.3) is 5.91 Å². The highest BCUT2D eigenvalue weighted by molar-refractivity contribution is 6.31. The van der Waals surface area contributed by atoms with E-state index in [1.165, 1.54) is 4.90 Å². The van der Waals surface area contributed by atoms with E-state index >= 15 is 0 Å². The molecule has 1 atom stereocenters. The maximum atomic E-state index is 13.1. The van der Waals surface area contributed by atoms with Crippen LogP contribution in [0.2, 0.25) is 5.02 Å². The molecule has 1 aliphatic heterocycles. The Morgan fingerprint density at radius 3 is 2.36 bits per heavy atom. The number of rotatable bonds is 3. The third-order valence-corrected chi connectivity index (χ3v) is 5.21. The van der Waals surface area contributed by atoms with E-state index < -0.39 is 11.6 Å². The molecule has 1 unspecified atom stereocenters. The van der Waals surface area contributed by atoms with Crippen molar-refractivity contribution in [3.63, 3.8) is 0 Å². The third-order valence-electron chi connectivity index (χ3n) is 4.97. The second kappa shape index (κ2) is 7.13. The monoisotopic (exact) mass is 400 g/mol. The van der Waals surface area contributed by atoms with Crippen LogP contribution < -0.4 is 15.0 Å². The quantitative estimate of drug-likeness (QED) is 0.805. The minimum Gasteiger partial charge on any atom is -0.476 e. The second-order valence-corrected chi connectivity index (χ2v) is 8.27. The molecule has 0 radical (unpaired) electrons. The summed E-state index contributed by atoms with van der Waals surface area (Å²) in [6, 6.07) is 8.37. The van der Waals surface area contributed by atoms with Crippen LogP contribution in [0.15, 0.2) is 30.3 Å². The number of hydrogen-bond acceptors (Lipinski definition) is 3. The zero-order valence-electron chi connectivity index (χ0n) is 17.0. The van der Waals surface area contributed by atoms with Gasteiger partial charge in [0.1, 0.15) is 11.8 Å². The first-order chi connectivity index (χ1) is 13.0. The van der Waals surface area contributed by atoms with Gasteiger partial charge < -0.3 is 10.1 Å². The Morgan fingerprint density at radius 1 is 1.14 bits per heavy atom. The summed E-state index contributed by atoms with van der Waals surface area (Å²) in [7, 11) is 0. The van der Waals surface area contributed by atoms with E-state index in [9.17, 15) is 9.59 Å². The number of nitrogens with zero attached hydrogens (tertiary/aromatic N) is 1. The predicted octanol–water partition coefficient (Wildman–Crippen LogP) is 4.80. The van der Waals surface area contributed by atoms with Crippen molar-refractivity contribution in [1.29, 1.82) is 0 Å². The van der Waals surface area contributed by atoms with Gasteiger partial charge in [0.15, 0.2) is 5.60 Å². The number of ether oxygens (including phenoxy) is 1. The van der Waals surface area contributed by atoms with Crippen molar-refractivity contribution in [3.05, 3.63) is 52.0 Å². The number of carbonyl (C=O) groups is 2. The highest BCUT2D eigenvalue weighted by Crippen LogP contribution is 2.40. The van der Waals surface area contributed by atoms with E-state index in [0.717, 1.165) is 22.4 Å². The van der Waals surface area contributed by atoms with Crippen LogP contribution in [0.3, 0.4) is 0 Å². The van der Waals surface area contributed by atoms with Gasteiger partial charge in [-0.1, -0.05) is 29.3 Å². The van der Waals surface area contributed by atoms with Crippen molar-refractivity contribution in [3.8, 4) is 5.75 Å². The Balaban J connectivity index is 1.97. The van der Waals surface area contributed by atoms with Gasteiger partial charge in [-0.2, -0.15) is 0 Å². The average molecular weight is 401 g/mol. The van der Waals surface area contributed by atoms with Crippen LogP contribution in [0.4, 0.5) is 11.4 Å². The summed E-state index contributed by atoms with van der Waals surface area (Å²) >= 11 is 6.14. The number of halogens is 1. The van der Waals surface area contributed by atoms with E-state index in [4.69, 9.17) is 16.3 Å². The Labute approximate surface area is 170 Å². The van der Waals surface area contributed by atoms with Gasteiger partial charge >= 0.3 is 0 Å². The number of anilines is 2. The van der Waals surface area contributed by atoms with Crippen LogP contribution in [0.25, 0.3) is 0 Å². The molecular formula is C22H25ClN2O3. The summed E-state index contributed by atoms with van der Waals surface area (Å²) in [6.45, 7) is 11.0. The molecule has 2 amide bonds. The lowest BCUT2D eigenvalue weighted by Gasteiger charge is -2.41. The number of fused-ring (bicyclic) bond motifs is 1. The average Bonchev–Trinajstić information content (AvgIpc) is 2.59. The van der Waals surface area contributed by atoms with Crippen molar-refractivity contribution in [2.24, 2.45) is 0 Å². The minimum absolute atomic E-state index is 0.271. The lowest BCUT2D eigenvalue weighted by molar-refractivity contribution is -0.134. The van der Waals surface area contributed by atoms with E-state index in [1.54, 1.807) is 39.0 Å². The third kappa shape index (κ3) is 3.59. The summed E-state index contributed by atoms with van der Waals surface area (Å²) in [4.78, 5) is 27.6. The Hall–Kier alpha value is -2.53. The van der Waals surface area contributed by atoms with E-state index in [-0.39, 0.29) is 11.8 Å². The van der Waals surface area contributed by atoms with Crippen molar-refractivity contribution >= 4 is 34.8 Å². The predicted molar refractivity (Wildman–Crippen MR) is 112 cm³/mol. The summed E-state index contributed by atoms with van der Waals surface area (Å²) in [6.07, 6.45) is 0. The smallest absolute Gasteiger partial charge is 0.271 e. The van der Waals surface area contributed by atoms with Crippen LogP contribution in [0.1, 0.15) is 37.5 Å². The first-order valence-corrected chi connectivity index (χ1v) is 9.60. The zero-order valence-corrected chi connectivity index (χ0v) is 17.8. The van der Waals surface area contributed by atoms with Crippen molar-refractivity contribution in [1.82, 2.24) is 0 Å². The van der Waals surface area contributed by atoms with E-state index in [1.807, 2.05) is 32.9 Å². The molecule has 148 valence electrons. The largest absolute Gasteiger partial charge is 0.476 e. The van der Waals surface area contributed by atoms with E-state index in [2.05, 4.69) is 5.32 Å². The first kappa shape index (κ1) is 20.2. The fourth-order valence-electron chi connectivity index (χ4n) is 3.59. The Morgan fingerprint density at radius 2 is 1.75 bits per heavy atom. The molecule has 6 heteroatoms. The molecule has 0 aliphatic carbocycles. The van der Waals surface area contributed by atoms with Crippen LogP contribution >= 0.6 is 11.6 Å². The molecule has 0 aromatic heterocycles. The van der Waals surface area contributed by atoms with Gasteiger partial charge in [-0.3, -0.25) is 14.5 Å². The first-order valence-electron chi connectivity index (χ1n) is 9.22.